The summed E-state index contributed by atoms with van der Waals surface area (Å²) in [5.74, 6) is -1.49. The van der Waals surface area contributed by atoms with Crippen molar-refractivity contribution in [2.75, 3.05) is 6.54 Å². The second-order valence-corrected chi connectivity index (χ2v) is 10.1. The molecule has 5 nitrogen and oxygen atoms in total. The molecule has 0 radical (unpaired) electrons. The van der Waals surface area contributed by atoms with Gasteiger partial charge in [0.1, 0.15) is 0 Å². The summed E-state index contributed by atoms with van der Waals surface area (Å²) in [6.45, 7) is 4.17. The first kappa shape index (κ1) is 25.5. The Labute approximate surface area is 205 Å². The fraction of sp³-hybridized carbons (Fsp3) is 0.462. The third kappa shape index (κ3) is 6.08. The third-order valence-corrected chi connectivity index (χ3v) is 7.20. The maximum Gasteiger partial charge on any atom is 0.304 e. The first-order chi connectivity index (χ1) is 15.6. The number of aliphatic hydroxyl groups excluding tert-OH is 1. The lowest BCUT2D eigenvalue weighted by molar-refractivity contribution is -0.157. The van der Waals surface area contributed by atoms with Gasteiger partial charge in [0, 0.05) is 22.5 Å². The van der Waals surface area contributed by atoms with Crippen molar-refractivity contribution in [1.29, 1.82) is 0 Å². The summed E-state index contributed by atoms with van der Waals surface area (Å²) in [6.07, 6.45) is 1.26. The largest absolute Gasteiger partial charge is 0.481 e. The van der Waals surface area contributed by atoms with Crippen molar-refractivity contribution in [2.24, 2.45) is 5.41 Å². The molecule has 0 bridgehead atoms. The van der Waals surface area contributed by atoms with Gasteiger partial charge in [0.2, 0.25) is 5.91 Å². The summed E-state index contributed by atoms with van der Waals surface area (Å²) in [5, 5.41) is 22.2. The van der Waals surface area contributed by atoms with Crippen molar-refractivity contribution < 1.29 is 19.8 Å². The lowest BCUT2D eigenvalue weighted by Gasteiger charge is -2.45. The topological polar surface area (TPSA) is 77.8 Å². The molecular weight excluding hydrogens is 461 g/mol. The van der Waals surface area contributed by atoms with Crippen LogP contribution in [0.1, 0.15) is 56.6 Å². The number of likely N-dealkylation sites (tertiary alicyclic amines) is 1. The normalized spacial score (nSPS) is 21.5. The van der Waals surface area contributed by atoms with Crippen LogP contribution in [0.4, 0.5) is 0 Å². The van der Waals surface area contributed by atoms with Gasteiger partial charge in [-0.25, -0.2) is 0 Å². The van der Waals surface area contributed by atoms with Crippen LogP contribution in [-0.4, -0.2) is 45.7 Å². The average molecular weight is 492 g/mol. The zero-order valence-corrected chi connectivity index (χ0v) is 20.5. The van der Waals surface area contributed by atoms with E-state index in [1.54, 1.807) is 17.9 Å². The number of nitrogens with zero attached hydrogens (tertiary/aromatic N) is 1. The second-order valence-electron chi connectivity index (χ2n) is 9.19. The van der Waals surface area contributed by atoms with Crippen molar-refractivity contribution in [3.05, 3.63) is 69.7 Å². The Morgan fingerprint density at radius 1 is 1.15 bits per heavy atom. The Bertz CT molecular complexity index is 981. The van der Waals surface area contributed by atoms with Gasteiger partial charge in [-0.1, -0.05) is 61.3 Å². The minimum Gasteiger partial charge on any atom is -0.481 e. The van der Waals surface area contributed by atoms with E-state index >= 15 is 0 Å². The molecule has 178 valence electrons. The number of aliphatic carboxylic acids is 1. The van der Waals surface area contributed by atoms with Gasteiger partial charge in [0.25, 0.3) is 0 Å². The molecule has 1 heterocycles. The lowest BCUT2D eigenvalue weighted by Crippen LogP contribution is -2.56. The zero-order chi connectivity index (χ0) is 24.2. The number of rotatable bonds is 9. The number of aliphatic hydroxyl groups is 1. The number of hydrogen-bond acceptors (Lipinski definition) is 3. The highest BCUT2D eigenvalue weighted by Gasteiger charge is 2.45. The third-order valence-electron chi connectivity index (χ3n) is 6.72. The monoisotopic (exact) mass is 491 g/mol. The molecule has 1 fully saturated rings. The highest BCUT2D eigenvalue weighted by molar-refractivity contribution is 6.30. The Kier molecular flexibility index (Phi) is 8.43. The van der Waals surface area contributed by atoms with Crippen molar-refractivity contribution >= 4 is 35.1 Å². The molecule has 33 heavy (non-hydrogen) atoms. The number of carbonyl (C=O) groups excluding carboxylic acids is 1. The maximum absolute atomic E-state index is 13.4. The Hall–Kier alpha value is -2.08. The molecule has 3 rings (SSSR count). The number of carboxylic acid groups (broad SMARTS) is 1. The second kappa shape index (κ2) is 10.9. The van der Waals surface area contributed by atoms with E-state index < -0.39 is 23.5 Å². The zero-order valence-electron chi connectivity index (χ0n) is 19.0. The van der Waals surface area contributed by atoms with Crippen molar-refractivity contribution in [3.8, 4) is 0 Å². The molecule has 0 aliphatic carbocycles. The lowest BCUT2D eigenvalue weighted by atomic mass is 9.76. The predicted octanol–water partition coefficient (Wildman–Crippen LogP) is 5.56. The van der Waals surface area contributed by atoms with Crippen LogP contribution in [0.5, 0.6) is 0 Å². The Balaban J connectivity index is 1.93. The van der Waals surface area contributed by atoms with Crippen molar-refractivity contribution in [1.82, 2.24) is 4.90 Å². The molecule has 1 aliphatic heterocycles. The number of carbonyl (C=O) groups is 2. The molecule has 0 saturated carbocycles. The van der Waals surface area contributed by atoms with Crippen LogP contribution in [0.2, 0.25) is 10.0 Å². The van der Waals surface area contributed by atoms with Gasteiger partial charge in [0.15, 0.2) is 0 Å². The van der Waals surface area contributed by atoms with Gasteiger partial charge in [0.05, 0.1) is 24.0 Å². The van der Waals surface area contributed by atoms with E-state index in [1.807, 2.05) is 49.4 Å². The molecule has 4 atom stereocenters. The van der Waals surface area contributed by atoms with E-state index in [9.17, 15) is 19.8 Å². The summed E-state index contributed by atoms with van der Waals surface area (Å²) in [7, 11) is 0. The molecule has 0 aromatic heterocycles. The van der Waals surface area contributed by atoms with Gasteiger partial charge >= 0.3 is 5.97 Å². The number of benzene rings is 2. The molecule has 1 saturated heterocycles. The van der Waals surface area contributed by atoms with E-state index in [-0.39, 0.29) is 18.2 Å². The molecule has 2 aromatic rings. The van der Waals surface area contributed by atoms with E-state index in [2.05, 4.69) is 0 Å². The van der Waals surface area contributed by atoms with Crippen LogP contribution in [0.3, 0.4) is 0 Å². The van der Waals surface area contributed by atoms with E-state index in [0.717, 1.165) is 11.1 Å². The van der Waals surface area contributed by atoms with E-state index in [0.29, 0.717) is 42.3 Å². The number of amides is 1. The van der Waals surface area contributed by atoms with Gasteiger partial charge in [-0.15, -0.1) is 0 Å². The fourth-order valence-corrected chi connectivity index (χ4v) is 5.30. The van der Waals surface area contributed by atoms with Crippen molar-refractivity contribution in [3.63, 3.8) is 0 Å². The van der Waals surface area contributed by atoms with Crippen LogP contribution in [0, 0.1) is 5.41 Å². The van der Waals surface area contributed by atoms with Crippen LogP contribution >= 0.6 is 23.2 Å². The smallest absolute Gasteiger partial charge is 0.304 e. The first-order valence-electron chi connectivity index (χ1n) is 11.4. The van der Waals surface area contributed by atoms with Crippen molar-refractivity contribution in [2.45, 2.75) is 64.0 Å². The molecule has 7 heteroatoms. The summed E-state index contributed by atoms with van der Waals surface area (Å²) in [4.78, 5) is 26.5. The fourth-order valence-electron chi connectivity index (χ4n) is 4.97. The number of piperidine rings is 1. The number of hydrogen-bond donors (Lipinski definition) is 2. The molecule has 1 unspecified atom stereocenters. The van der Waals surface area contributed by atoms with Crippen LogP contribution in [0.15, 0.2) is 48.5 Å². The van der Waals surface area contributed by atoms with Crippen LogP contribution in [0.25, 0.3) is 0 Å². The standard InChI is InChI=1S/C26H31Cl2NO4/c1-3-22(29-13-5-12-26(2,25(29)33)16-23(30)31)24(32)21(18-6-4-7-20(28)15-18)14-17-8-10-19(27)11-9-17/h4,6-11,15,21-22,24,32H,3,5,12-14,16H2,1-2H3,(H,30,31)/t21-,22-,24-,26?/m1/s1. The molecule has 0 spiro atoms. The molecule has 1 amide bonds. The number of carboxylic acids is 1. The summed E-state index contributed by atoms with van der Waals surface area (Å²) >= 11 is 12.3. The molecule has 2 N–H and O–H groups in total. The summed E-state index contributed by atoms with van der Waals surface area (Å²) in [5.41, 5.74) is 0.944. The Morgan fingerprint density at radius 2 is 1.85 bits per heavy atom. The number of halogens is 2. The SMILES string of the molecule is CC[C@H]([C@H](O)[C@H](Cc1ccc(Cl)cc1)c1cccc(Cl)c1)N1CCCC(C)(CC(=O)O)C1=O. The van der Waals surface area contributed by atoms with Crippen LogP contribution in [-0.2, 0) is 16.0 Å². The summed E-state index contributed by atoms with van der Waals surface area (Å²) in [6, 6.07) is 14.5. The maximum atomic E-state index is 13.4. The Morgan fingerprint density at radius 3 is 2.45 bits per heavy atom. The quantitative estimate of drug-likeness (QED) is 0.480. The average Bonchev–Trinajstić information content (AvgIpc) is 2.76. The minimum absolute atomic E-state index is 0.196. The van der Waals surface area contributed by atoms with Gasteiger partial charge in [-0.2, -0.15) is 0 Å². The molecular formula is C26H31Cl2NO4. The molecule has 1 aliphatic rings. The predicted molar refractivity (Wildman–Crippen MR) is 131 cm³/mol. The van der Waals surface area contributed by atoms with E-state index in [4.69, 9.17) is 23.2 Å². The van der Waals surface area contributed by atoms with Gasteiger partial charge in [-0.3, -0.25) is 9.59 Å². The van der Waals surface area contributed by atoms with Crippen LogP contribution < -0.4 is 0 Å². The molecule has 2 aromatic carbocycles. The van der Waals surface area contributed by atoms with Gasteiger partial charge < -0.3 is 15.1 Å². The highest BCUT2D eigenvalue weighted by Crippen LogP contribution is 2.38. The minimum atomic E-state index is -0.985. The van der Waals surface area contributed by atoms with Gasteiger partial charge in [-0.05, 0) is 61.1 Å². The summed E-state index contributed by atoms with van der Waals surface area (Å²) < 4.78 is 0. The van der Waals surface area contributed by atoms with E-state index in [1.165, 1.54) is 0 Å². The highest BCUT2D eigenvalue weighted by atomic mass is 35.5. The first-order valence-corrected chi connectivity index (χ1v) is 12.1.